The van der Waals surface area contributed by atoms with Gasteiger partial charge in [-0.1, -0.05) is 182 Å². The van der Waals surface area contributed by atoms with Gasteiger partial charge in [0.25, 0.3) is 0 Å². The van der Waals surface area contributed by atoms with E-state index in [1.165, 1.54) is 44.1 Å². The monoisotopic (exact) mass is 804 g/mol. The standard InChI is InChI=1S/C60H40N2O/c1-3-15-41(16-4-1)43-27-29-45(30-28-43)50-19-7-11-23-56(50)61(47-35-31-44(32-36-47)42-17-5-2-6-18-42)49-39-54(60-55(40-49)53-22-10-14-26-59(53)63-60)46-33-37-48(38-34-46)62-57-24-12-8-20-51(57)52-21-9-13-25-58(52)62/h1-40H. The number of para-hydroxylation sites is 4. The van der Waals surface area contributed by atoms with Crippen LogP contribution in [0, 0.1) is 0 Å². The number of hydrogen-bond donors (Lipinski definition) is 0. The largest absolute Gasteiger partial charge is 0.455 e. The molecule has 0 radical (unpaired) electrons. The lowest BCUT2D eigenvalue weighted by atomic mass is 9.97. The molecular weight excluding hydrogens is 765 g/mol. The van der Waals surface area contributed by atoms with Crippen LogP contribution in [0.3, 0.4) is 0 Å². The predicted molar refractivity (Wildman–Crippen MR) is 264 cm³/mol. The molecule has 0 fully saturated rings. The average Bonchev–Trinajstić information content (AvgIpc) is 3.91. The molecule has 0 bridgehead atoms. The Hall–Kier alpha value is -8.40. The zero-order valence-corrected chi connectivity index (χ0v) is 34.4. The highest BCUT2D eigenvalue weighted by Crippen LogP contribution is 2.46. The third kappa shape index (κ3) is 6.38. The van der Waals surface area contributed by atoms with Gasteiger partial charge in [-0.2, -0.15) is 0 Å². The minimum absolute atomic E-state index is 0.866. The van der Waals surface area contributed by atoms with Crippen LogP contribution in [0.4, 0.5) is 17.1 Å². The van der Waals surface area contributed by atoms with Crippen molar-refractivity contribution in [2.75, 3.05) is 4.90 Å². The molecule has 0 saturated heterocycles. The summed E-state index contributed by atoms with van der Waals surface area (Å²) in [7, 11) is 0. The maximum atomic E-state index is 6.78. The van der Waals surface area contributed by atoms with Crippen molar-refractivity contribution < 1.29 is 4.42 Å². The van der Waals surface area contributed by atoms with Gasteiger partial charge in [-0.25, -0.2) is 0 Å². The van der Waals surface area contributed by atoms with E-state index in [0.717, 1.165) is 66.9 Å². The van der Waals surface area contributed by atoms with Crippen LogP contribution in [0.1, 0.15) is 0 Å². The summed E-state index contributed by atoms with van der Waals surface area (Å²) in [6.45, 7) is 0. The molecule has 63 heavy (non-hydrogen) atoms. The second-order valence-corrected chi connectivity index (χ2v) is 16.1. The molecule has 12 rings (SSSR count). The number of furan rings is 1. The summed E-state index contributed by atoms with van der Waals surface area (Å²) in [5, 5.41) is 4.65. The highest BCUT2D eigenvalue weighted by molar-refractivity contribution is 6.12. The van der Waals surface area contributed by atoms with Crippen LogP contribution in [-0.2, 0) is 0 Å². The van der Waals surface area contributed by atoms with E-state index >= 15 is 0 Å². The third-order valence-corrected chi connectivity index (χ3v) is 12.4. The highest BCUT2D eigenvalue weighted by Gasteiger charge is 2.22. The number of hydrogen-bond acceptors (Lipinski definition) is 2. The molecule has 0 saturated carbocycles. The maximum absolute atomic E-state index is 6.78. The minimum atomic E-state index is 0.866. The fraction of sp³-hybridized carbons (Fsp3) is 0. The van der Waals surface area contributed by atoms with Gasteiger partial charge in [0.15, 0.2) is 0 Å². The molecule has 3 nitrogen and oxygen atoms in total. The molecule has 296 valence electrons. The van der Waals surface area contributed by atoms with Crippen molar-refractivity contribution in [3.8, 4) is 50.2 Å². The van der Waals surface area contributed by atoms with E-state index in [0.29, 0.717) is 0 Å². The first-order valence-electron chi connectivity index (χ1n) is 21.5. The number of anilines is 3. The molecule has 0 aliphatic carbocycles. The molecule has 2 heterocycles. The fourth-order valence-electron chi connectivity index (χ4n) is 9.39. The maximum Gasteiger partial charge on any atom is 0.143 e. The van der Waals surface area contributed by atoms with Crippen LogP contribution in [0.15, 0.2) is 247 Å². The number of benzene rings is 10. The minimum Gasteiger partial charge on any atom is -0.455 e. The molecule has 0 atom stereocenters. The van der Waals surface area contributed by atoms with E-state index in [1.807, 2.05) is 6.07 Å². The lowest BCUT2D eigenvalue weighted by molar-refractivity contribution is 0.670. The van der Waals surface area contributed by atoms with Gasteiger partial charge in [0.05, 0.1) is 16.7 Å². The summed E-state index contributed by atoms with van der Waals surface area (Å²) in [5.74, 6) is 0. The normalized spacial score (nSPS) is 11.5. The van der Waals surface area contributed by atoms with Gasteiger partial charge in [-0.3, -0.25) is 0 Å². The van der Waals surface area contributed by atoms with Crippen molar-refractivity contribution in [2.45, 2.75) is 0 Å². The zero-order valence-electron chi connectivity index (χ0n) is 34.4. The molecule has 0 aliphatic heterocycles. The van der Waals surface area contributed by atoms with Gasteiger partial charge in [0.1, 0.15) is 11.2 Å². The number of rotatable bonds is 8. The van der Waals surface area contributed by atoms with Crippen molar-refractivity contribution >= 4 is 60.8 Å². The molecule has 2 aromatic heterocycles. The Morgan fingerprint density at radius 3 is 1.44 bits per heavy atom. The Morgan fingerprint density at radius 1 is 0.317 bits per heavy atom. The average molecular weight is 805 g/mol. The van der Waals surface area contributed by atoms with Crippen molar-refractivity contribution in [1.82, 2.24) is 4.57 Å². The number of fused-ring (bicyclic) bond motifs is 6. The molecule has 3 heteroatoms. The van der Waals surface area contributed by atoms with Crippen LogP contribution in [0.5, 0.6) is 0 Å². The molecule has 0 amide bonds. The Balaban J connectivity index is 1.05. The van der Waals surface area contributed by atoms with Gasteiger partial charge in [0, 0.05) is 49.7 Å². The Labute approximate surface area is 366 Å². The van der Waals surface area contributed by atoms with Gasteiger partial charge in [0.2, 0.25) is 0 Å². The SMILES string of the molecule is c1ccc(-c2ccc(-c3ccccc3N(c3ccc(-c4ccccc4)cc3)c3cc(-c4ccc(-n5c6ccccc6c6ccccc65)cc4)c4oc5ccccc5c4c3)cc2)cc1. The summed E-state index contributed by atoms with van der Waals surface area (Å²) in [4.78, 5) is 2.41. The van der Waals surface area contributed by atoms with Gasteiger partial charge < -0.3 is 13.9 Å². The van der Waals surface area contributed by atoms with Crippen molar-refractivity contribution in [3.05, 3.63) is 243 Å². The summed E-state index contributed by atoms with van der Waals surface area (Å²) in [6, 6.07) is 87.1. The van der Waals surface area contributed by atoms with E-state index in [2.05, 4.69) is 246 Å². The lowest BCUT2D eigenvalue weighted by Crippen LogP contribution is -2.11. The van der Waals surface area contributed by atoms with Crippen LogP contribution < -0.4 is 4.90 Å². The summed E-state index contributed by atoms with van der Waals surface area (Å²) in [6.07, 6.45) is 0. The summed E-state index contributed by atoms with van der Waals surface area (Å²) in [5.41, 5.74) is 17.5. The highest BCUT2D eigenvalue weighted by atomic mass is 16.3. The van der Waals surface area contributed by atoms with Crippen LogP contribution in [0.2, 0.25) is 0 Å². The van der Waals surface area contributed by atoms with Crippen LogP contribution >= 0.6 is 0 Å². The Kier molecular flexibility index (Phi) is 8.83. The quantitative estimate of drug-likeness (QED) is 0.153. The summed E-state index contributed by atoms with van der Waals surface area (Å²) < 4.78 is 9.15. The van der Waals surface area contributed by atoms with E-state index < -0.39 is 0 Å². The molecule has 0 spiro atoms. The Bertz CT molecular complexity index is 3530. The molecule has 10 aromatic carbocycles. The molecule has 0 aliphatic rings. The first-order valence-corrected chi connectivity index (χ1v) is 21.5. The smallest absolute Gasteiger partial charge is 0.143 e. The van der Waals surface area contributed by atoms with Crippen molar-refractivity contribution in [3.63, 3.8) is 0 Å². The second-order valence-electron chi connectivity index (χ2n) is 16.1. The van der Waals surface area contributed by atoms with Crippen LogP contribution in [0.25, 0.3) is 93.9 Å². The number of aromatic nitrogens is 1. The van der Waals surface area contributed by atoms with E-state index in [4.69, 9.17) is 4.42 Å². The predicted octanol–water partition coefficient (Wildman–Crippen LogP) is 16.8. The van der Waals surface area contributed by atoms with E-state index in [1.54, 1.807) is 0 Å². The Morgan fingerprint density at radius 2 is 0.794 bits per heavy atom. The first-order chi connectivity index (χ1) is 31.2. The number of nitrogens with zero attached hydrogens (tertiary/aromatic N) is 2. The van der Waals surface area contributed by atoms with Gasteiger partial charge in [-0.15, -0.1) is 0 Å². The molecule has 0 N–H and O–H groups in total. The fourth-order valence-corrected chi connectivity index (χ4v) is 9.39. The third-order valence-electron chi connectivity index (χ3n) is 12.4. The topological polar surface area (TPSA) is 21.3 Å². The van der Waals surface area contributed by atoms with E-state index in [9.17, 15) is 0 Å². The van der Waals surface area contributed by atoms with Crippen LogP contribution in [-0.4, -0.2) is 4.57 Å². The molecular formula is C60H40N2O. The molecule has 0 unspecified atom stereocenters. The van der Waals surface area contributed by atoms with Crippen molar-refractivity contribution in [2.24, 2.45) is 0 Å². The van der Waals surface area contributed by atoms with E-state index in [-0.39, 0.29) is 0 Å². The lowest BCUT2D eigenvalue weighted by Gasteiger charge is -2.29. The zero-order chi connectivity index (χ0) is 41.7. The van der Waals surface area contributed by atoms with Gasteiger partial charge in [-0.05, 0) is 94.0 Å². The van der Waals surface area contributed by atoms with Crippen molar-refractivity contribution in [1.29, 1.82) is 0 Å². The van der Waals surface area contributed by atoms with Gasteiger partial charge >= 0.3 is 0 Å². The second kappa shape index (κ2) is 15.3. The summed E-state index contributed by atoms with van der Waals surface area (Å²) >= 11 is 0. The first kappa shape index (κ1) is 36.5. The molecule has 12 aromatic rings.